The maximum atomic E-state index is 13.0. The van der Waals surface area contributed by atoms with Crippen LogP contribution in [-0.2, 0) is 33.1 Å². The average molecular weight is 471 g/mol. The van der Waals surface area contributed by atoms with Gasteiger partial charge < -0.3 is 14.9 Å². The van der Waals surface area contributed by atoms with Crippen LogP contribution >= 0.6 is 0 Å². The highest BCUT2D eigenvalue weighted by molar-refractivity contribution is 7.92. The minimum Gasteiger partial charge on any atom is -0.480 e. The lowest BCUT2D eigenvalue weighted by Crippen LogP contribution is -2.25. The van der Waals surface area contributed by atoms with Crippen molar-refractivity contribution < 1.29 is 22.8 Å². The quantitative estimate of drug-likeness (QED) is 0.369. The van der Waals surface area contributed by atoms with Gasteiger partial charge in [0.25, 0.3) is 5.91 Å². The van der Waals surface area contributed by atoms with Gasteiger partial charge in [0, 0.05) is 18.8 Å². The lowest BCUT2D eigenvalue weighted by molar-refractivity contribution is -0.110. The van der Waals surface area contributed by atoms with E-state index in [1.807, 2.05) is 0 Å². The molecule has 12 heteroatoms. The van der Waals surface area contributed by atoms with E-state index in [-0.39, 0.29) is 28.3 Å². The van der Waals surface area contributed by atoms with Crippen LogP contribution in [0.25, 0.3) is 0 Å². The smallest absolute Gasteiger partial charge is 0.279 e. The number of nitrogens with one attached hydrogen (secondary N) is 1. The Balaban J connectivity index is 1.56. The van der Waals surface area contributed by atoms with E-state index in [1.54, 1.807) is 24.0 Å². The van der Waals surface area contributed by atoms with Crippen molar-refractivity contribution in [3.8, 4) is 5.88 Å². The van der Waals surface area contributed by atoms with Gasteiger partial charge in [0.05, 0.1) is 29.6 Å². The van der Waals surface area contributed by atoms with Crippen molar-refractivity contribution >= 4 is 27.3 Å². The Bertz CT molecular complexity index is 1270. The molecule has 1 amide bonds. The lowest BCUT2D eigenvalue weighted by Gasteiger charge is -2.09. The van der Waals surface area contributed by atoms with Gasteiger partial charge in [0.1, 0.15) is 5.69 Å². The molecule has 2 heterocycles. The summed E-state index contributed by atoms with van der Waals surface area (Å²) in [5.41, 5.74) is 0.955. The van der Waals surface area contributed by atoms with Crippen molar-refractivity contribution in [1.82, 2.24) is 19.7 Å². The average Bonchev–Trinajstić information content (AvgIpc) is 3.60. The van der Waals surface area contributed by atoms with E-state index >= 15 is 0 Å². The Labute approximate surface area is 190 Å². The summed E-state index contributed by atoms with van der Waals surface area (Å²) in [5, 5.41) is 10.5. The number of nitrogens with zero attached hydrogens (tertiary/aromatic N) is 5. The largest absolute Gasteiger partial charge is 0.480 e. The zero-order valence-electron chi connectivity index (χ0n) is 18.0. The number of methoxy groups -OCH3 is 1. The summed E-state index contributed by atoms with van der Waals surface area (Å²) < 4.78 is 31.5. The number of aromatic nitrogens is 4. The number of rotatable bonds is 9. The summed E-state index contributed by atoms with van der Waals surface area (Å²) in [5.74, 6) is -0.118. The second-order valence-corrected chi connectivity index (χ2v) is 9.59. The van der Waals surface area contributed by atoms with E-state index in [2.05, 4.69) is 25.5 Å². The minimum atomic E-state index is -3.35. The maximum Gasteiger partial charge on any atom is 0.279 e. The molecule has 11 nitrogen and oxygen atoms in total. The summed E-state index contributed by atoms with van der Waals surface area (Å²) in [6.45, 7) is 0.0497. The Kier molecular flexibility index (Phi) is 6.36. The number of carbonyl (C=O) groups excluding carboxylic acids is 1. The highest BCUT2D eigenvalue weighted by Crippen LogP contribution is 2.33. The highest BCUT2D eigenvalue weighted by atomic mass is 32.2. The number of oxime groups is 1. The summed E-state index contributed by atoms with van der Waals surface area (Å²) in [6, 6.07) is 7.75. The molecule has 1 saturated carbocycles. The van der Waals surface area contributed by atoms with Gasteiger partial charge in [-0.15, -0.1) is 0 Å². The van der Waals surface area contributed by atoms with Crippen molar-refractivity contribution in [2.24, 2.45) is 12.2 Å². The van der Waals surface area contributed by atoms with Gasteiger partial charge in [-0.1, -0.05) is 17.3 Å². The molecule has 4 rings (SSSR count). The molecule has 1 aliphatic rings. The molecule has 0 aliphatic heterocycles. The van der Waals surface area contributed by atoms with Crippen molar-refractivity contribution in [3.63, 3.8) is 0 Å². The Morgan fingerprint density at radius 1 is 1.18 bits per heavy atom. The van der Waals surface area contributed by atoms with Crippen LogP contribution in [-0.4, -0.2) is 52.1 Å². The standard InChI is InChI=1S/C21H22N6O5S/c1-27-10-9-15(25-27)13-32-26-20(21(28)24-18-11-23-19(31-2)12-22-18)14-3-5-16(6-4-14)33(29,30)17-7-8-17/h3-6,9-12,17H,7-8,13H2,1-2H3,(H,22,24,28)/b26-20+. The molecular formula is C21H22N6O5S. The van der Waals surface area contributed by atoms with Crippen LogP contribution in [0.5, 0.6) is 5.88 Å². The third-order valence-electron chi connectivity index (χ3n) is 4.85. The van der Waals surface area contributed by atoms with Gasteiger partial charge in [-0.25, -0.2) is 18.4 Å². The summed E-state index contributed by atoms with van der Waals surface area (Å²) >= 11 is 0. The number of ether oxygens (including phenoxy) is 1. The van der Waals surface area contributed by atoms with Crippen LogP contribution in [0.2, 0.25) is 0 Å². The molecule has 2 aromatic heterocycles. The summed E-state index contributed by atoms with van der Waals surface area (Å²) in [4.78, 5) is 26.6. The fraction of sp³-hybridized carbons (Fsp3) is 0.286. The summed E-state index contributed by atoms with van der Waals surface area (Å²) in [7, 11) is -0.113. The topological polar surface area (TPSA) is 138 Å². The molecule has 0 bridgehead atoms. The molecule has 0 radical (unpaired) electrons. The summed E-state index contributed by atoms with van der Waals surface area (Å²) in [6.07, 6.45) is 5.81. The molecule has 1 aliphatic carbocycles. The molecule has 0 unspecified atom stereocenters. The third-order valence-corrected chi connectivity index (χ3v) is 7.13. The molecular weight excluding hydrogens is 448 g/mol. The van der Waals surface area contributed by atoms with Crippen molar-refractivity contribution in [1.29, 1.82) is 0 Å². The number of hydrogen-bond acceptors (Lipinski definition) is 9. The van der Waals surface area contributed by atoms with Crippen LogP contribution in [0.3, 0.4) is 0 Å². The van der Waals surface area contributed by atoms with Gasteiger partial charge in [-0.3, -0.25) is 9.48 Å². The SMILES string of the molecule is COc1cnc(NC(=O)/C(=N/OCc2ccn(C)n2)c2ccc(S(=O)(=O)C3CC3)cc2)cn1. The molecule has 0 spiro atoms. The van der Waals surface area contributed by atoms with E-state index in [0.717, 1.165) is 0 Å². The van der Waals surface area contributed by atoms with E-state index in [1.165, 1.54) is 43.8 Å². The molecule has 1 fully saturated rings. The number of benzene rings is 1. The van der Waals surface area contributed by atoms with E-state index in [4.69, 9.17) is 9.57 Å². The normalized spacial score (nSPS) is 14.1. The fourth-order valence-corrected chi connectivity index (χ4v) is 4.62. The van der Waals surface area contributed by atoms with Crippen LogP contribution in [0.1, 0.15) is 24.1 Å². The first-order chi connectivity index (χ1) is 15.9. The van der Waals surface area contributed by atoms with Crippen molar-refractivity contribution in [2.75, 3.05) is 12.4 Å². The van der Waals surface area contributed by atoms with Crippen LogP contribution < -0.4 is 10.1 Å². The third kappa shape index (κ3) is 5.34. The zero-order valence-corrected chi connectivity index (χ0v) is 18.8. The van der Waals surface area contributed by atoms with E-state index in [0.29, 0.717) is 30.0 Å². The second kappa shape index (κ2) is 9.36. The molecule has 1 aromatic carbocycles. The number of hydrogen-bond donors (Lipinski definition) is 1. The molecule has 3 aromatic rings. The number of amides is 1. The predicted molar refractivity (Wildman–Crippen MR) is 118 cm³/mol. The monoisotopic (exact) mass is 470 g/mol. The molecule has 0 atom stereocenters. The molecule has 1 N–H and O–H groups in total. The van der Waals surface area contributed by atoms with Gasteiger partial charge >= 0.3 is 0 Å². The minimum absolute atomic E-state index is 0.0497. The number of carbonyl (C=O) groups is 1. The number of anilines is 1. The molecule has 33 heavy (non-hydrogen) atoms. The lowest BCUT2D eigenvalue weighted by atomic mass is 10.1. The zero-order chi connectivity index (χ0) is 23.4. The Morgan fingerprint density at radius 3 is 2.52 bits per heavy atom. The van der Waals surface area contributed by atoms with Crippen LogP contribution in [0, 0.1) is 0 Å². The first kappa shape index (κ1) is 22.4. The first-order valence-electron chi connectivity index (χ1n) is 10.1. The van der Waals surface area contributed by atoms with E-state index < -0.39 is 15.7 Å². The Morgan fingerprint density at radius 2 is 1.94 bits per heavy atom. The van der Waals surface area contributed by atoms with Gasteiger partial charge in [0.15, 0.2) is 28.0 Å². The molecule has 172 valence electrons. The van der Waals surface area contributed by atoms with Gasteiger partial charge in [-0.2, -0.15) is 5.10 Å². The van der Waals surface area contributed by atoms with Crippen LogP contribution in [0.4, 0.5) is 5.82 Å². The fourth-order valence-electron chi connectivity index (χ4n) is 2.96. The van der Waals surface area contributed by atoms with Crippen LogP contribution in [0.15, 0.2) is 59.0 Å². The maximum absolute atomic E-state index is 13.0. The van der Waals surface area contributed by atoms with Crippen molar-refractivity contribution in [3.05, 3.63) is 60.2 Å². The van der Waals surface area contributed by atoms with Gasteiger partial charge in [-0.05, 0) is 31.0 Å². The second-order valence-electron chi connectivity index (χ2n) is 7.36. The van der Waals surface area contributed by atoms with E-state index in [9.17, 15) is 13.2 Å². The van der Waals surface area contributed by atoms with Gasteiger partial charge in [0.2, 0.25) is 5.88 Å². The number of sulfone groups is 1. The predicted octanol–water partition coefficient (Wildman–Crippen LogP) is 1.71. The Hall–Kier alpha value is -3.80. The highest BCUT2D eigenvalue weighted by Gasteiger charge is 2.36. The number of aryl methyl sites for hydroxylation is 1. The first-order valence-corrected chi connectivity index (χ1v) is 11.6. The van der Waals surface area contributed by atoms with Crippen molar-refractivity contribution in [2.45, 2.75) is 29.6 Å². The molecule has 0 saturated heterocycles.